The highest BCUT2D eigenvalue weighted by Crippen LogP contribution is 2.25. The summed E-state index contributed by atoms with van der Waals surface area (Å²) < 4.78 is 5.44. The number of amides is 1. The highest BCUT2D eigenvalue weighted by Gasteiger charge is 2.32. The number of aryl methyl sites for hydroxylation is 1. The van der Waals surface area contributed by atoms with Gasteiger partial charge in [0.15, 0.2) is 6.61 Å². The summed E-state index contributed by atoms with van der Waals surface area (Å²) in [4.78, 5) is 24.7. The summed E-state index contributed by atoms with van der Waals surface area (Å²) in [7, 11) is 0. The van der Waals surface area contributed by atoms with Crippen molar-refractivity contribution in [3.63, 3.8) is 0 Å². The van der Waals surface area contributed by atoms with E-state index < -0.39 is 12.0 Å². The molecule has 5 nitrogen and oxygen atoms in total. The monoisotopic (exact) mass is 311 g/mol. The first-order valence-electron chi connectivity index (χ1n) is 6.90. The summed E-state index contributed by atoms with van der Waals surface area (Å²) in [5, 5.41) is 9.60. The number of carboxylic acid groups (broad SMARTS) is 1. The summed E-state index contributed by atoms with van der Waals surface area (Å²) in [5.74, 6) is -0.842. The first-order chi connectivity index (χ1) is 9.99. The smallest absolute Gasteiger partial charge is 0.326 e. The van der Waals surface area contributed by atoms with Gasteiger partial charge in [0.2, 0.25) is 0 Å². The van der Waals surface area contributed by atoms with Gasteiger partial charge in [-0.15, -0.1) is 0 Å². The molecule has 1 aromatic carbocycles. The summed E-state index contributed by atoms with van der Waals surface area (Å²) in [6, 6.07) is 4.56. The van der Waals surface area contributed by atoms with Crippen LogP contribution < -0.4 is 4.74 Å². The molecule has 1 atom stereocenters. The molecule has 114 valence electrons. The molecule has 1 aromatic rings. The minimum Gasteiger partial charge on any atom is -0.482 e. The van der Waals surface area contributed by atoms with Crippen LogP contribution in [0.1, 0.15) is 24.8 Å². The molecule has 0 saturated carbocycles. The van der Waals surface area contributed by atoms with Crippen LogP contribution in [0.2, 0.25) is 5.02 Å². The average molecular weight is 312 g/mol. The maximum absolute atomic E-state index is 12.2. The fourth-order valence-electron chi connectivity index (χ4n) is 2.43. The van der Waals surface area contributed by atoms with Crippen molar-refractivity contribution in [1.29, 1.82) is 0 Å². The SMILES string of the molecule is Cc1ccc(Cl)c(OCC(=O)N2CCCC[C@H]2C(=O)O)c1. The second-order valence-corrected chi connectivity index (χ2v) is 5.57. The fraction of sp³-hybridized carbons (Fsp3) is 0.467. The third kappa shape index (κ3) is 3.88. The molecule has 0 spiro atoms. The number of likely N-dealkylation sites (tertiary alicyclic amines) is 1. The summed E-state index contributed by atoms with van der Waals surface area (Å²) in [6.45, 7) is 2.16. The standard InChI is InChI=1S/C15H18ClNO4/c1-10-5-6-11(16)13(8-10)21-9-14(18)17-7-3-2-4-12(17)15(19)20/h5-6,8,12H,2-4,7,9H2,1H3,(H,19,20)/t12-/m0/s1. The summed E-state index contributed by atoms with van der Waals surface area (Å²) >= 11 is 6.00. The summed E-state index contributed by atoms with van der Waals surface area (Å²) in [5.41, 5.74) is 0.975. The molecule has 1 amide bonds. The molecule has 1 heterocycles. The van der Waals surface area contributed by atoms with Crippen molar-refractivity contribution in [3.8, 4) is 5.75 Å². The Hall–Kier alpha value is -1.75. The number of rotatable bonds is 4. The van der Waals surface area contributed by atoms with Gasteiger partial charge in [0.1, 0.15) is 11.8 Å². The van der Waals surface area contributed by atoms with Crippen LogP contribution in [0.25, 0.3) is 0 Å². The molecular weight excluding hydrogens is 294 g/mol. The van der Waals surface area contributed by atoms with Crippen LogP contribution in [0.5, 0.6) is 5.75 Å². The Balaban J connectivity index is 2.00. The number of carboxylic acids is 1. The van der Waals surface area contributed by atoms with Gasteiger partial charge in [0, 0.05) is 6.54 Å². The van der Waals surface area contributed by atoms with Crippen LogP contribution >= 0.6 is 11.6 Å². The van der Waals surface area contributed by atoms with E-state index in [4.69, 9.17) is 21.4 Å². The van der Waals surface area contributed by atoms with Crippen LogP contribution in [0.3, 0.4) is 0 Å². The number of ether oxygens (including phenoxy) is 1. The third-order valence-electron chi connectivity index (χ3n) is 3.55. The van der Waals surface area contributed by atoms with Crippen molar-refractivity contribution in [1.82, 2.24) is 4.90 Å². The Morgan fingerprint density at radius 2 is 2.19 bits per heavy atom. The number of carbonyl (C=O) groups is 2. The van der Waals surface area contributed by atoms with E-state index in [1.807, 2.05) is 13.0 Å². The predicted octanol–water partition coefficient (Wildman–Crippen LogP) is 2.49. The Bertz CT molecular complexity index is 546. The van der Waals surface area contributed by atoms with Crippen molar-refractivity contribution in [2.45, 2.75) is 32.2 Å². The lowest BCUT2D eigenvalue weighted by molar-refractivity contribution is -0.152. The number of aliphatic carboxylic acids is 1. The highest BCUT2D eigenvalue weighted by atomic mass is 35.5. The minimum atomic E-state index is -0.961. The van der Waals surface area contributed by atoms with E-state index >= 15 is 0 Å². The molecule has 1 fully saturated rings. The van der Waals surface area contributed by atoms with Crippen LogP contribution in [0.4, 0.5) is 0 Å². The molecule has 1 aliphatic rings. The minimum absolute atomic E-state index is 0.201. The first kappa shape index (κ1) is 15.6. The second-order valence-electron chi connectivity index (χ2n) is 5.16. The van der Waals surface area contributed by atoms with E-state index in [0.29, 0.717) is 23.7 Å². The van der Waals surface area contributed by atoms with Crippen molar-refractivity contribution >= 4 is 23.5 Å². The quantitative estimate of drug-likeness (QED) is 0.927. The average Bonchev–Trinajstić information content (AvgIpc) is 2.47. The van der Waals surface area contributed by atoms with E-state index in [-0.39, 0.29) is 12.5 Å². The van der Waals surface area contributed by atoms with E-state index in [9.17, 15) is 9.59 Å². The lowest BCUT2D eigenvalue weighted by Gasteiger charge is -2.32. The molecule has 2 rings (SSSR count). The maximum atomic E-state index is 12.2. The zero-order valence-electron chi connectivity index (χ0n) is 11.8. The molecule has 1 N–H and O–H groups in total. The van der Waals surface area contributed by atoms with E-state index in [0.717, 1.165) is 18.4 Å². The molecular formula is C15H18ClNO4. The second kappa shape index (κ2) is 6.80. The van der Waals surface area contributed by atoms with Gasteiger partial charge in [-0.3, -0.25) is 4.79 Å². The number of nitrogens with zero attached hydrogens (tertiary/aromatic N) is 1. The molecule has 21 heavy (non-hydrogen) atoms. The van der Waals surface area contributed by atoms with Gasteiger partial charge in [0.25, 0.3) is 5.91 Å². The zero-order chi connectivity index (χ0) is 15.4. The summed E-state index contributed by atoms with van der Waals surface area (Å²) in [6.07, 6.45) is 2.14. The van der Waals surface area contributed by atoms with E-state index in [1.165, 1.54) is 4.90 Å². The van der Waals surface area contributed by atoms with Crippen LogP contribution in [0, 0.1) is 6.92 Å². The normalized spacial score (nSPS) is 18.4. The van der Waals surface area contributed by atoms with Crippen LogP contribution in [0.15, 0.2) is 18.2 Å². The first-order valence-corrected chi connectivity index (χ1v) is 7.28. The number of hydrogen-bond donors (Lipinski definition) is 1. The van der Waals surface area contributed by atoms with Gasteiger partial charge >= 0.3 is 5.97 Å². The third-order valence-corrected chi connectivity index (χ3v) is 3.86. The Kier molecular flexibility index (Phi) is 5.07. The Labute approximate surface area is 128 Å². The number of carbonyl (C=O) groups excluding carboxylic acids is 1. The van der Waals surface area contributed by atoms with Crippen LogP contribution in [-0.2, 0) is 9.59 Å². The van der Waals surface area contributed by atoms with Gasteiger partial charge in [-0.1, -0.05) is 17.7 Å². The van der Waals surface area contributed by atoms with Crippen LogP contribution in [-0.4, -0.2) is 41.1 Å². The number of hydrogen-bond acceptors (Lipinski definition) is 3. The van der Waals surface area contributed by atoms with E-state index in [2.05, 4.69) is 0 Å². The molecule has 6 heteroatoms. The van der Waals surface area contributed by atoms with Crippen molar-refractivity contribution in [2.75, 3.05) is 13.2 Å². The molecule has 1 saturated heterocycles. The highest BCUT2D eigenvalue weighted by molar-refractivity contribution is 6.32. The molecule has 0 aliphatic carbocycles. The van der Waals surface area contributed by atoms with E-state index in [1.54, 1.807) is 12.1 Å². The van der Waals surface area contributed by atoms with Gasteiger partial charge in [-0.25, -0.2) is 4.79 Å². The number of benzene rings is 1. The molecule has 0 radical (unpaired) electrons. The predicted molar refractivity (Wildman–Crippen MR) is 78.7 cm³/mol. The molecule has 0 aromatic heterocycles. The molecule has 0 unspecified atom stereocenters. The topological polar surface area (TPSA) is 66.8 Å². The number of halogens is 1. The Morgan fingerprint density at radius 3 is 2.90 bits per heavy atom. The van der Waals surface area contributed by atoms with Gasteiger partial charge in [-0.2, -0.15) is 0 Å². The molecule has 0 bridgehead atoms. The lowest BCUT2D eigenvalue weighted by Crippen LogP contribution is -2.49. The molecule has 1 aliphatic heterocycles. The lowest BCUT2D eigenvalue weighted by atomic mass is 10.0. The van der Waals surface area contributed by atoms with Gasteiger partial charge in [-0.05, 0) is 43.9 Å². The van der Waals surface area contributed by atoms with Crippen molar-refractivity contribution in [2.24, 2.45) is 0 Å². The van der Waals surface area contributed by atoms with Crippen molar-refractivity contribution in [3.05, 3.63) is 28.8 Å². The van der Waals surface area contributed by atoms with Gasteiger partial charge in [0.05, 0.1) is 5.02 Å². The van der Waals surface area contributed by atoms with Gasteiger partial charge < -0.3 is 14.7 Å². The fourth-order valence-corrected chi connectivity index (χ4v) is 2.60. The number of piperidine rings is 1. The zero-order valence-corrected chi connectivity index (χ0v) is 12.6. The Morgan fingerprint density at radius 1 is 1.43 bits per heavy atom. The maximum Gasteiger partial charge on any atom is 0.326 e. The van der Waals surface area contributed by atoms with Crippen molar-refractivity contribution < 1.29 is 19.4 Å². The largest absolute Gasteiger partial charge is 0.482 e.